The lowest BCUT2D eigenvalue weighted by molar-refractivity contribution is -0.139. The number of alkyl halides is 2. The smallest absolute Gasteiger partial charge is 0.310 e. The molecule has 0 saturated carbocycles. The van der Waals surface area contributed by atoms with Gasteiger partial charge in [0.15, 0.2) is 0 Å². The number of aryl methyl sites for hydroxylation is 1. The third-order valence-corrected chi connectivity index (χ3v) is 2.66. The van der Waals surface area contributed by atoms with Crippen molar-refractivity contribution in [1.29, 1.82) is 5.26 Å². The second-order valence-electron chi connectivity index (χ2n) is 3.73. The molecule has 0 bridgehead atoms. The standard InChI is InChI=1S/C13H13F2NO2/c1-3-8-4-9(7-16)10(6-12(17)18-2)11(5-8)13(14)15/h4-5,13H,3,6H2,1-2H3. The maximum absolute atomic E-state index is 13.0. The number of ether oxygens (including phenoxy) is 1. The van der Waals surface area contributed by atoms with Crippen molar-refractivity contribution in [2.24, 2.45) is 0 Å². The van der Waals surface area contributed by atoms with E-state index in [0.717, 1.165) is 0 Å². The summed E-state index contributed by atoms with van der Waals surface area (Å²) in [6, 6.07) is 4.72. The summed E-state index contributed by atoms with van der Waals surface area (Å²) in [6.45, 7) is 1.81. The van der Waals surface area contributed by atoms with E-state index in [1.165, 1.54) is 19.2 Å². The fourth-order valence-corrected chi connectivity index (χ4v) is 1.67. The van der Waals surface area contributed by atoms with Crippen molar-refractivity contribution in [3.05, 3.63) is 34.4 Å². The molecule has 1 aromatic carbocycles. The lowest BCUT2D eigenvalue weighted by Gasteiger charge is -2.12. The Morgan fingerprint density at radius 2 is 2.17 bits per heavy atom. The summed E-state index contributed by atoms with van der Waals surface area (Å²) in [5, 5.41) is 8.98. The quantitative estimate of drug-likeness (QED) is 0.775. The van der Waals surface area contributed by atoms with Crippen LogP contribution in [0.4, 0.5) is 8.78 Å². The summed E-state index contributed by atoms with van der Waals surface area (Å²) in [4.78, 5) is 11.2. The van der Waals surface area contributed by atoms with Crippen LogP contribution < -0.4 is 0 Å². The van der Waals surface area contributed by atoms with Gasteiger partial charge in [0.2, 0.25) is 0 Å². The van der Waals surface area contributed by atoms with E-state index in [9.17, 15) is 13.6 Å². The highest BCUT2D eigenvalue weighted by atomic mass is 19.3. The summed E-state index contributed by atoms with van der Waals surface area (Å²) in [6.07, 6.45) is -2.49. The number of nitrogens with zero attached hydrogens (tertiary/aromatic N) is 1. The Morgan fingerprint density at radius 3 is 2.61 bits per heavy atom. The monoisotopic (exact) mass is 253 g/mol. The zero-order valence-electron chi connectivity index (χ0n) is 10.2. The second kappa shape index (κ2) is 6.10. The number of esters is 1. The van der Waals surface area contributed by atoms with Crippen LogP contribution in [0.3, 0.4) is 0 Å². The first kappa shape index (κ1) is 14.1. The van der Waals surface area contributed by atoms with Crippen molar-refractivity contribution in [1.82, 2.24) is 0 Å². The highest BCUT2D eigenvalue weighted by molar-refractivity contribution is 5.74. The average Bonchev–Trinajstić information content (AvgIpc) is 2.38. The summed E-state index contributed by atoms with van der Waals surface area (Å²) < 4.78 is 30.4. The molecule has 0 aliphatic heterocycles. The van der Waals surface area contributed by atoms with Gasteiger partial charge in [-0.2, -0.15) is 5.26 Å². The van der Waals surface area contributed by atoms with Gasteiger partial charge in [-0.3, -0.25) is 4.79 Å². The highest BCUT2D eigenvalue weighted by Crippen LogP contribution is 2.28. The highest BCUT2D eigenvalue weighted by Gasteiger charge is 2.20. The summed E-state index contributed by atoms with van der Waals surface area (Å²) in [5.74, 6) is -0.641. The third-order valence-electron chi connectivity index (χ3n) is 2.66. The molecule has 0 atom stereocenters. The van der Waals surface area contributed by atoms with Crippen LogP contribution in [0.5, 0.6) is 0 Å². The maximum Gasteiger partial charge on any atom is 0.310 e. The fourth-order valence-electron chi connectivity index (χ4n) is 1.67. The SMILES string of the molecule is CCc1cc(C#N)c(CC(=O)OC)c(C(F)F)c1. The first-order valence-corrected chi connectivity index (χ1v) is 5.44. The summed E-state index contributed by atoms with van der Waals surface area (Å²) in [5.41, 5.74) is 0.540. The molecule has 5 heteroatoms. The number of hydrogen-bond acceptors (Lipinski definition) is 3. The molecule has 0 N–H and O–H groups in total. The van der Waals surface area contributed by atoms with Crippen LogP contribution in [0, 0.1) is 11.3 Å². The number of carbonyl (C=O) groups excluding carboxylic acids is 1. The zero-order valence-corrected chi connectivity index (χ0v) is 10.2. The van der Waals surface area contributed by atoms with Crippen LogP contribution in [0.1, 0.15) is 35.6 Å². The zero-order chi connectivity index (χ0) is 13.7. The van der Waals surface area contributed by atoms with Crippen molar-refractivity contribution >= 4 is 5.97 Å². The van der Waals surface area contributed by atoms with Gasteiger partial charge in [0, 0.05) is 5.56 Å². The number of benzene rings is 1. The molecule has 0 spiro atoms. The molecule has 0 aromatic heterocycles. The van der Waals surface area contributed by atoms with Crippen LogP contribution in [-0.2, 0) is 22.4 Å². The Morgan fingerprint density at radius 1 is 1.50 bits per heavy atom. The minimum absolute atomic E-state index is 0.0524. The summed E-state index contributed by atoms with van der Waals surface area (Å²) >= 11 is 0. The number of hydrogen-bond donors (Lipinski definition) is 0. The van der Waals surface area contributed by atoms with Gasteiger partial charge in [-0.25, -0.2) is 8.78 Å². The molecule has 0 radical (unpaired) electrons. The number of rotatable bonds is 4. The van der Waals surface area contributed by atoms with Crippen LogP contribution in [0.15, 0.2) is 12.1 Å². The number of nitriles is 1. The summed E-state index contributed by atoms with van der Waals surface area (Å²) in [7, 11) is 1.18. The molecule has 0 amide bonds. The molecule has 0 heterocycles. The Hall–Kier alpha value is -1.96. The minimum atomic E-state index is -2.72. The van der Waals surface area contributed by atoms with E-state index in [-0.39, 0.29) is 23.1 Å². The molecule has 1 rings (SSSR count). The molecule has 0 fully saturated rings. The number of carbonyl (C=O) groups is 1. The van der Waals surface area contributed by atoms with E-state index < -0.39 is 12.4 Å². The first-order valence-electron chi connectivity index (χ1n) is 5.44. The van der Waals surface area contributed by atoms with Crippen molar-refractivity contribution in [3.63, 3.8) is 0 Å². The second-order valence-corrected chi connectivity index (χ2v) is 3.73. The van der Waals surface area contributed by atoms with Gasteiger partial charge >= 0.3 is 5.97 Å². The van der Waals surface area contributed by atoms with Gasteiger partial charge in [-0.15, -0.1) is 0 Å². The van der Waals surface area contributed by atoms with Gasteiger partial charge < -0.3 is 4.74 Å². The van der Waals surface area contributed by atoms with Gasteiger partial charge in [-0.05, 0) is 29.7 Å². The third kappa shape index (κ3) is 3.04. The number of methoxy groups -OCH3 is 1. The molecular weight excluding hydrogens is 240 g/mol. The van der Waals surface area contributed by atoms with Gasteiger partial charge in [0.1, 0.15) is 0 Å². The predicted molar refractivity (Wildman–Crippen MR) is 61.2 cm³/mol. The van der Waals surface area contributed by atoms with Crippen molar-refractivity contribution in [2.75, 3.05) is 7.11 Å². The Balaban J connectivity index is 3.36. The van der Waals surface area contributed by atoms with Crippen molar-refractivity contribution in [2.45, 2.75) is 26.2 Å². The first-order chi connectivity index (χ1) is 8.53. The van der Waals surface area contributed by atoms with E-state index in [1.807, 2.05) is 13.0 Å². The van der Waals surface area contributed by atoms with Crippen LogP contribution in [-0.4, -0.2) is 13.1 Å². The predicted octanol–water partition coefficient (Wildman–Crippen LogP) is 2.77. The Labute approximate surface area is 104 Å². The molecular formula is C13H13F2NO2. The Kier molecular flexibility index (Phi) is 4.78. The van der Waals surface area contributed by atoms with Crippen LogP contribution >= 0.6 is 0 Å². The van der Waals surface area contributed by atoms with Gasteiger partial charge in [-0.1, -0.05) is 6.92 Å². The van der Waals surface area contributed by atoms with Crippen molar-refractivity contribution < 1.29 is 18.3 Å². The molecule has 0 unspecified atom stereocenters. The van der Waals surface area contributed by atoms with Crippen LogP contribution in [0.25, 0.3) is 0 Å². The lowest BCUT2D eigenvalue weighted by atomic mass is 9.95. The molecule has 18 heavy (non-hydrogen) atoms. The number of halogens is 2. The van der Waals surface area contributed by atoms with E-state index in [1.54, 1.807) is 0 Å². The van der Waals surface area contributed by atoms with Gasteiger partial charge in [0.25, 0.3) is 6.43 Å². The molecule has 96 valence electrons. The normalized spacial score (nSPS) is 10.2. The van der Waals surface area contributed by atoms with E-state index in [0.29, 0.717) is 12.0 Å². The Bertz CT molecular complexity index is 492. The minimum Gasteiger partial charge on any atom is -0.469 e. The lowest BCUT2D eigenvalue weighted by Crippen LogP contribution is -2.10. The molecule has 0 aliphatic carbocycles. The molecule has 3 nitrogen and oxygen atoms in total. The molecule has 0 saturated heterocycles. The van der Waals surface area contributed by atoms with E-state index in [2.05, 4.69) is 4.74 Å². The average molecular weight is 253 g/mol. The van der Waals surface area contributed by atoms with Gasteiger partial charge in [0.05, 0.1) is 25.2 Å². The van der Waals surface area contributed by atoms with Crippen molar-refractivity contribution in [3.8, 4) is 6.07 Å². The van der Waals surface area contributed by atoms with E-state index >= 15 is 0 Å². The molecule has 1 aromatic rings. The van der Waals surface area contributed by atoms with E-state index in [4.69, 9.17) is 5.26 Å². The maximum atomic E-state index is 13.0. The largest absolute Gasteiger partial charge is 0.469 e. The topological polar surface area (TPSA) is 50.1 Å². The van der Waals surface area contributed by atoms with Crippen LogP contribution in [0.2, 0.25) is 0 Å². The molecule has 0 aliphatic rings. The fraction of sp³-hybridized carbons (Fsp3) is 0.385.